The zero-order valence-electron chi connectivity index (χ0n) is 32.6. The van der Waals surface area contributed by atoms with Crippen LogP contribution in [0.5, 0.6) is 0 Å². The Morgan fingerprint density at radius 1 is 0.254 bits per heavy atom. The third-order valence-electron chi connectivity index (χ3n) is 13.1. The molecule has 0 atom stereocenters. The highest BCUT2D eigenvalue weighted by Gasteiger charge is 2.24. The maximum atomic E-state index is 2.46. The van der Waals surface area contributed by atoms with E-state index in [2.05, 4.69) is 207 Å². The second-order valence-electron chi connectivity index (χ2n) is 16.3. The van der Waals surface area contributed by atoms with Gasteiger partial charge in [-0.3, -0.25) is 0 Å². The number of aryl methyl sites for hydroxylation is 1. The number of hydrogen-bond acceptors (Lipinski definition) is 0. The summed E-state index contributed by atoms with van der Waals surface area (Å²) in [5, 5.41) is 21.0. The monoisotopic (exact) mass is 744 g/mol. The maximum Gasteiger partial charge on any atom is -0.000740 e. The van der Waals surface area contributed by atoms with Crippen molar-refractivity contribution in [3.8, 4) is 44.5 Å². The molecule has 0 unspecified atom stereocenters. The number of hydrogen-bond donors (Lipinski definition) is 0. The van der Waals surface area contributed by atoms with Gasteiger partial charge in [-0.1, -0.05) is 194 Å². The van der Waals surface area contributed by atoms with E-state index in [1.165, 1.54) is 135 Å². The smallest absolute Gasteiger partial charge is 0.000740 e. The summed E-state index contributed by atoms with van der Waals surface area (Å²) in [4.78, 5) is 0. The molecule has 2 aliphatic rings. The van der Waals surface area contributed by atoms with Crippen molar-refractivity contribution in [1.29, 1.82) is 0 Å². The van der Waals surface area contributed by atoms with Gasteiger partial charge in [0.1, 0.15) is 0 Å². The summed E-state index contributed by atoms with van der Waals surface area (Å²) >= 11 is 0. The van der Waals surface area contributed by atoms with Crippen molar-refractivity contribution in [2.24, 2.45) is 0 Å². The molecule has 0 N–H and O–H groups in total. The Balaban J connectivity index is 1.37. The highest BCUT2D eigenvalue weighted by atomic mass is 14.3. The Kier molecular flexibility index (Phi) is 6.74. The van der Waals surface area contributed by atoms with Gasteiger partial charge in [-0.2, -0.15) is 0 Å². The van der Waals surface area contributed by atoms with Gasteiger partial charge in [-0.15, -0.1) is 0 Å². The van der Waals surface area contributed by atoms with E-state index in [9.17, 15) is 0 Å². The first-order chi connectivity index (χ1) is 29.2. The Morgan fingerprint density at radius 3 is 1.00 bits per heavy atom. The first-order valence-corrected chi connectivity index (χ1v) is 20.7. The number of benzene rings is 11. The quantitative estimate of drug-likeness (QED) is 0.157. The fraction of sp³-hybridized carbons (Fsp3) is 0.0169. The van der Waals surface area contributed by atoms with Gasteiger partial charge in [-0.25, -0.2) is 0 Å². The summed E-state index contributed by atoms with van der Waals surface area (Å²) in [6, 6.07) is 75.0. The number of rotatable bonds is 4. The topological polar surface area (TPSA) is 0 Å². The fourth-order valence-corrected chi connectivity index (χ4v) is 10.8. The summed E-state index contributed by atoms with van der Waals surface area (Å²) in [6.45, 7) is 2.21. The fourth-order valence-electron chi connectivity index (χ4n) is 10.8. The van der Waals surface area contributed by atoms with Crippen molar-refractivity contribution in [3.63, 3.8) is 0 Å². The molecule has 0 saturated heterocycles. The second kappa shape index (κ2) is 12.2. The second-order valence-corrected chi connectivity index (χ2v) is 16.3. The van der Waals surface area contributed by atoms with Crippen LogP contribution in [0, 0.1) is 48.7 Å². The average molecular weight is 745 g/mol. The summed E-state index contributed by atoms with van der Waals surface area (Å²) in [7, 11) is 0. The van der Waals surface area contributed by atoms with E-state index in [0.717, 1.165) is 0 Å². The van der Waals surface area contributed by atoms with Gasteiger partial charge in [0.25, 0.3) is 0 Å². The molecule has 272 valence electrons. The average Bonchev–Trinajstić information content (AvgIpc) is 3.79. The Bertz CT molecular complexity index is 3940. The molecule has 0 amide bonds. The van der Waals surface area contributed by atoms with Gasteiger partial charge in [0, 0.05) is 0 Å². The van der Waals surface area contributed by atoms with Crippen molar-refractivity contribution in [2.45, 2.75) is 6.92 Å². The van der Waals surface area contributed by atoms with Gasteiger partial charge >= 0.3 is 0 Å². The zero-order chi connectivity index (χ0) is 38.8. The molecule has 13 rings (SSSR count). The summed E-state index contributed by atoms with van der Waals surface area (Å²) in [5.74, 6) is 0. The van der Waals surface area contributed by atoms with Crippen LogP contribution in [0.15, 0.2) is 200 Å². The van der Waals surface area contributed by atoms with Crippen LogP contribution in [0.4, 0.5) is 0 Å². The van der Waals surface area contributed by atoms with E-state index in [4.69, 9.17) is 0 Å². The largest absolute Gasteiger partial charge is 0.0622 e. The van der Waals surface area contributed by atoms with Gasteiger partial charge in [-0.05, 0) is 148 Å². The normalized spacial score (nSPS) is 12.2. The summed E-state index contributed by atoms with van der Waals surface area (Å²) < 4.78 is 0. The molecule has 59 heavy (non-hydrogen) atoms. The van der Waals surface area contributed by atoms with Gasteiger partial charge < -0.3 is 0 Å². The Labute approximate surface area is 340 Å². The SMILES string of the molecule is Cc1cccc(-c2c3c(c(-c4ccccc4)c4cc5ccccc5cc24)=c2ccc4c5c(ccc=3c25)=c2c(-c3ccccc3)c3ccccc3c(-c3ccccc3)c2=4)c1. The molecule has 0 bridgehead atoms. The van der Waals surface area contributed by atoms with Crippen molar-refractivity contribution >= 4 is 43.1 Å². The molecule has 0 aliphatic heterocycles. The van der Waals surface area contributed by atoms with Crippen LogP contribution in [-0.4, -0.2) is 0 Å². The Hall–Kier alpha value is -7.54. The van der Waals surface area contributed by atoms with E-state index in [-0.39, 0.29) is 0 Å². The van der Waals surface area contributed by atoms with E-state index in [1.807, 2.05) is 0 Å². The molecule has 0 saturated carbocycles. The lowest BCUT2D eigenvalue weighted by atomic mass is 9.86. The van der Waals surface area contributed by atoms with E-state index in [1.54, 1.807) is 0 Å². The van der Waals surface area contributed by atoms with Crippen molar-refractivity contribution in [2.75, 3.05) is 0 Å². The van der Waals surface area contributed by atoms with E-state index < -0.39 is 0 Å². The molecule has 0 aromatic heterocycles. The lowest BCUT2D eigenvalue weighted by Gasteiger charge is -2.16. The molecular weight excluding hydrogens is 709 g/mol. The molecule has 0 radical (unpaired) electrons. The highest BCUT2D eigenvalue weighted by molar-refractivity contribution is 6.12. The predicted octanol–water partition coefficient (Wildman–Crippen LogP) is 15.1. The minimum atomic E-state index is 1.24. The van der Waals surface area contributed by atoms with Crippen LogP contribution >= 0.6 is 0 Å². The third kappa shape index (κ3) is 4.49. The first kappa shape index (κ1) is 32.5. The lowest BCUT2D eigenvalue weighted by Crippen LogP contribution is -1.93. The molecule has 0 heterocycles. The van der Waals surface area contributed by atoms with Crippen LogP contribution in [0.3, 0.4) is 0 Å². The van der Waals surface area contributed by atoms with Gasteiger partial charge in [0.2, 0.25) is 0 Å². The molecule has 2 aliphatic carbocycles. The molecule has 11 aromatic rings. The van der Waals surface area contributed by atoms with E-state index in [0.29, 0.717) is 0 Å². The molecule has 0 spiro atoms. The van der Waals surface area contributed by atoms with Gasteiger partial charge in [0.15, 0.2) is 0 Å². The minimum absolute atomic E-state index is 1.24. The van der Waals surface area contributed by atoms with Gasteiger partial charge in [0.05, 0.1) is 0 Å². The molecular formula is C59H36. The Morgan fingerprint density at radius 2 is 0.593 bits per heavy atom. The lowest BCUT2D eigenvalue weighted by molar-refractivity contribution is 1.45. The van der Waals surface area contributed by atoms with Crippen LogP contribution in [0.1, 0.15) is 5.56 Å². The first-order valence-electron chi connectivity index (χ1n) is 20.7. The zero-order valence-corrected chi connectivity index (χ0v) is 32.6. The highest BCUT2D eigenvalue weighted by Crippen LogP contribution is 2.46. The maximum absolute atomic E-state index is 2.46. The standard InChI is InChI=1S/C59H36/c1-35-16-15-25-41(32-35)53-49-34-40-24-12-11-23-39(40)33-48(49)52(38-21-9-4-10-22-38)58-46-30-28-44-54-45(29-31-47(55(46)54)59(53)58)57-51(37-19-7-3-8-20-37)43-27-14-13-26-42(43)50(56(44)57)36-17-5-2-6-18-36/h2-34H,1H3. The molecule has 0 fully saturated rings. The number of fused-ring (bicyclic) bond motifs is 5. The summed E-state index contributed by atoms with van der Waals surface area (Å²) in [6.07, 6.45) is 0. The summed E-state index contributed by atoms with van der Waals surface area (Å²) in [5.41, 5.74) is 11.5. The predicted molar refractivity (Wildman–Crippen MR) is 247 cm³/mol. The van der Waals surface area contributed by atoms with Crippen LogP contribution in [0.25, 0.3) is 87.6 Å². The van der Waals surface area contributed by atoms with Crippen LogP contribution < -0.4 is 0 Å². The molecule has 11 aromatic carbocycles. The minimum Gasteiger partial charge on any atom is -0.0622 e. The van der Waals surface area contributed by atoms with Crippen molar-refractivity contribution in [3.05, 3.63) is 248 Å². The molecule has 0 heteroatoms. The van der Waals surface area contributed by atoms with Crippen LogP contribution in [0.2, 0.25) is 0 Å². The van der Waals surface area contributed by atoms with Crippen LogP contribution in [-0.2, 0) is 0 Å². The third-order valence-corrected chi connectivity index (χ3v) is 13.1. The van der Waals surface area contributed by atoms with Crippen molar-refractivity contribution in [1.82, 2.24) is 0 Å². The van der Waals surface area contributed by atoms with E-state index >= 15 is 0 Å². The van der Waals surface area contributed by atoms with Crippen molar-refractivity contribution < 1.29 is 0 Å². The molecule has 0 nitrogen and oxygen atoms in total.